The van der Waals surface area contributed by atoms with Crippen LogP contribution < -0.4 is 5.56 Å². The Morgan fingerprint density at radius 2 is 1.84 bits per heavy atom. The van der Waals surface area contributed by atoms with Crippen LogP contribution in [0.25, 0.3) is 18.1 Å². The molecule has 0 aromatic carbocycles. The molecule has 3 heterocycles. The molecule has 0 fully saturated rings. The molecule has 0 aliphatic rings. The molecule has 0 amide bonds. The van der Waals surface area contributed by atoms with Gasteiger partial charge in [0.25, 0.3) is 5.56 Å². The third-order valence-electron chi connectivity index (χ3n) is 3.58. The molecule has 130 valence electrons. The first-order valence-electron chi connectivity index (χ1n) is 7.98. The largest absolute Gasteiger partial charge is 0.291 e. The predicted octanol–water partition coefficient (Wildman–Crippen LogP) is 2.09. The van der Waals surface area contributed by atoms with Gasteiger partial charge in [-0.3, -0.25) is 9.78 Å². The summed E-state index contributed by atoms with van der Waals surface area (Å²) < 4.78 is 3.41. The zero-order valence-electron chi connectivity index (χ0n) is 15.0. The van der Waals surface area contributed by atoms with Gasteiger partial charge in [0.2, 0.25) is 5.95 Å². The summed E-state index contributed by atoms with van der Waals surface area (Å²) in [5.41, 5.74) is 2.61. The van der Waals surface area contributed by atoms with Crippen LogP contribution in [0.5, 0.6) is 0 Å². The minimum Gasteiger partial charge on any atom is -0.291 e. The lowest BCUT2D eigenvalue weighted by atomic mass is 10.1. The van der Waals surface area contributed by atoms with Crippen molar-refractivity contribution in [1.82, 2.24) is 34.7 Å². The van der Waals surface area contributed by atoms with Gasteiger partial charge in [0.05, 0.1) is 23.1 Å². The second-order valence-corrected chi connectivity index (χ2v) is 6.92. The van der Waals surface area contributed by atoms with Gasteiger partial charge in [-0.15, -0.1) is 5.10 Å². The molecule has 0 radical (unpaired) electrons. The molecule has 8 heteroatoms. The van der Waals surface area contributed by atoms with Crippen LogP contribution in [0.4, 0.5) is 0 Å². The highest BCUT2D eigenvalue weighted by Crippen LogP contribution is 2.13. The first kappa shape index (κ1) is 16.8. The van der Waals surface area contributed by atoms with Gasteiger partial charge in [0, 0.05) is 11.8 Å². The number of rotatable bonds is 3. The van der Waals surface area contributed by atoms with Crippen molar-refractivity contribution in [2.75, 3.05) is 0 Å². The van der Waals surface area contributed by atoms with E-state index in [4.69, 9.17) is 0 Å². The normalized spacial score (nSPS) is 12.2. The lowest BCUT2D eigenvalue weighted by Gasteiger charge is -2.17. The molecule has 3 rings (SSSR count). The van der Waals surface area contributed by atoms with E-state index < -0.39 is 0 Å². The standard InChI is InChI=1S/C17H21N7O/c1-11-8-12(2)24(21-11)16-18-13(9-15(25)19-16)6-7-14-10-23(22-20-14)17(3,4)5/h6-10H,1-5H3,(H,18,19,25). The fourth-order valence-corrected chi connectivity index (χ4v) is 2.34. The molecular formula is C17H21N7O. The monoisotopic (exact) mass is 339 g/mol. The molecule has 3 aromatic rings. The number of hydrogen-bond acceptors (Lipinski definition) is 5. The van der Waals surface area contributed by atoms with Gasteiger partial charge in [-0.25, -0.2) is 14.3 Å². The van der Waals surface area contributed by atoms with Crippen LogP contribution in [0.15, 0.2) is 23.1 Å². The zero-order chi connectivity index (χ0) is 18.2. The molecule has 0 unspecified atom stereocenters. The van der Waals surface area contributed by atoms with Gasteiger partial charge < -0.3 is 0 Å². The number of H-pyrrole nitrogens is 1. The number of aromatic amines is 1. The second-order valence-electron chi connectivity index (χ2n) is 6.92. The van der Waals surface area contributed by atoms with Gasteiger partial charge in [-0.1, -0.05) is 5.21 Å². The molecule has 25 heavy (non-hydrogen) atoms. The fraction of sp³-hybridized carbons (Fsp3) is 0.353. The molecule has 3 aromatic heterocycles. The van der Waals surface area contributed by atoms with E-state index >= 15 is 0 Å². The Balaban J connectivity index is 1.92. The SMILES string of the molecule is Cc1cc(C)n(-c2nc(C=Cc3cn(C(C)(C)C)nn3)cc(=O)[nH]2)n1. The first-order valence-corrected chi connectivity index (χ1v) is 7.98. The van der Waals surface area contributed by atoms with Gasteiger partial charge >= 0.3 is 0 Å². The van der Waals surface area contributed by atoms with E-state index in [0.717, 1.165) is 11.4 Å². The maximum absolute atomic E-state index is 11.9. The number of aryl methyl sites for hydroxylation is 2. The van der Waals surface area contributed by atoms with Crippen LogP contribution in [-0.2, 0) is 5.54 Å². The Hall–Kier alpha value is -3.03. The Morgan fingerprint density at radius 3 is 2.44 bits per heavy atom. The third kappa shape index (κ3) is 3.73. The van der Waals surface area contributed by atoms with E-state index in [-0.39, 0.29) is 11.1 Å². The molecule has 0 atom stereocenters. The lowest BCUT2D eigenvalue weighted by Crippen LogP contribution is -2.22. The lowest BCUT2D eigenvalue weighted by molar-refractivity contribution is 0.347. The van der Waals surface area contributed by atoms with E-state index in [0.29, 0.717) is 17.3 Å². The summed E-state index contributed by atoms with van der Waals surface area (Å²) in [5.74, 6) is 0.385. The topological polar surface area (TPSA) is 94.3 Å². The predicted molar refractivity (Wildman–Crippen MR) is 95.4 cm³/mol. The molecule has 0 bridgehead atoms. The molecule has 0 aliphatic carbocycles. The van der Waals surface area contributed by atoms with Crippen molar-refractivity contribution in [3.05, 3.63) is 51.5 Å². The number of hydrogen-bond donors (Lipinski definition) is 1. The van der Waals surface area contributed by atoms with Gasteiger partial charge in [0.15, 0.2) is 0 Å². The van der Waals surface area contributed by atoms with Crippen LogP contribution in [0.2, 0.25) is 0 Å². The Labute approximate surface area is 145 Å². The molecule has 0 saturated carbocycles. The smallest absolute Gasteiger partial charge is 0.252 e. The van der Waals surface area contributed by atoms with E-state index in [1.165, 1.54) is 6.07 Å². The molecule has 0 aliphatic heterocycles. The highest BCUT2D eigenvalue weighted by Gasteiger charge is 2.14. The number of aromatic nitrogens is 7. The van der Waals surface area contributed by atoms with Crippen LogP contribution >= 0.6 is 0 Å². The number of nitrogens with one attached hydrogen (secondary N) is 1. The quantitative estimate of drug-likeness (QED) is 0.788. The van der Waals surface area contributed by atoms with E-state index in [1.54, 1.807) is 21.5 Å². The van der Waals surface area contributed by atoms with Crippen LogP contribution in [0.3, 0.4) is 0 Å². The molecule has 1 N–H and O–H groups in total. The molecule has 8 nitrogen and oxygen atoms in total. The van der Waals surface area contributed by atoms with Crippen molar-refractivity contribution >= 4 is 12.2 Å². The minimum absolute atomic E-state index is 0.135. The van der Waals surface area contributed by atoms with Crippen molar-refractivity contribution < 1.29 is 0 Å². The van der Waals surface area contributed by atoms with Crippen molar-refractivity contribution in [3.8, 4) is 5.95 Å². The van der Waals surface area contributed by atoms with Crippen LogP contribution in [0, 0.1) is 13.8 Å². The highest BCUT2D eigenvalue weighted by atomic mass is 16.1. The Bertz CT molecular complexity index is 985. The highest BCUT2D eigenvalue weighted by molar-refractivity contribution is 5.65. The first-order chi connectivity index (χ1) is 11.7. The van der Waals surface area contributed by atoms with E-state index in [1.807, 2.05) is 46.9 Å². The van der Waals surface area contributed by atoms with Crippen molar-refractivity contribution in [2.24, 2.45) is 0 Å². The maximum Gasteiger partial charge on any atom is 0.252 e. The van der Waals surface area contributed by atoms with Gasteiger partial charge in [-0.2, -0.15) is 5.10 Å². The second kappa shape index (κ2) is 6.12. The Kier molecular flexibility index (Phi) is 4.12. The summed E-state index contributed by atoms with van der Waals surface area (Å²) in [7, 11) is 0. The third-order valence-corrected chi connectivity index (χ3v) is 3.58. The number of nitrogens with zero attached hydrogens (tertiary/aromatic N) is 6. The summed E-state index contributed by atoms with van der Waals surface area (Å²) in [4.78, 5) is 19.1. The van der Waals surface area contributed by atoms with Gasteiger partial charge in [0.1, 0.15) is 5.69 Å². The summed E-state index contributed by atoms with van der Waals surface area (Å²) in [6.07, 6.45) is 5.37. The van der Waals surface area contributed by atoms with E-state index in [2.05, 4.69) is 25.4 Å². The average Bonchev–Trinajstić information content (AvgIpc) is 3.10. The Morgan fingerprint density at radius 1 is 1.12 bits per heavy atom. The summed E-state index contributed by atoms with van der Waals surface area (Å²) in [5, 5.41) is 12.6. The molecule has 0 saturated heterocycles. The summed E-state index contributed by atoms with van der Waals surface area (Å²) >= 11 is 0. The average molecular weight is 339 g/mol. The molecular weight excluding hydrogens is 318 g/mol. The minimum atomic E-state index is -0.240. The fourth-order valence-electron chi connectivity index (χ4n) is 2.34. The van der Waals surface area contributed by atoms with Gasteiger partial charge in [-0.05, 0) is 52.8 Å². The zero-order valence-corrected chi connectivity index (χ0v) is 15.0. The van der Waals surface area contributed by atoms with E-state index in [9.17, 15) is 4.79 Å². The van der Waals surface area contributed by atoms with Crippen molar-refractivity contribution in [2.45, 2.75) is 40.2 Å². The van der Waals surface area contributed by atoms with Crippen molar-refractivity contribution in [3.63, 3.8) is 0 Å². The van der Waals surface area contributed by atoms with Crippen LogP contribution in [-0.4, -0.2) is 34.7 Å². The summed E-state index contributed by atoms with van der Waals surface area (Å²) in [6, 6.07) is 3.35. The summed E-state index contributed by atoms with van der Waals surface area (Å²) in [6.45, 7) is 9.95. The maximum atomic E-state index is 11.9. The van der Waals surface area contributed by atoms with Crippen molar-refractivity contribution in [1.29, 1.82) is 0 Å². The van der Waals surface area contributed by atoms with Crippen LogP contribution in [0.1, 0.15) is 43.5 Å². The molecule has 0 spiro atoms.